The molecular formula is C13H15F3N2O. The van der Waals surface area contributed by atoms with E-state index in [4.69, 9.17) is 0 Å². The van der Waals surface area contributed by atoms with Gasteiger partial charge in [0.25, 0.3) is 0 Å². The molecule has 1 aliphatic carbocycles. The summed E-state index contributed by atoms with van der Waals surface area (Å²) < 4.78 is 39.3. The summed E-state index contributed by atoms with van der Waals surface area (Å²) in [6.07, 6.45) is -0.172. The molecule has 19 heavy (non-hydrogen) atoms. The molecule has 3 rings (SSSR count). The number of halogens is 3. The molecule has 3 aliphatic rings. The second-order valence-electron chi connectivity index (χ2n) is 5.49. The lowest BCUT2D eigenvalue weighted by Crippen LogP contribution is -2.57. The second-order valence-corrected chi connectivity index (χ2v) is 5.49. The van der Waals surface area contributed by atoms with Gasteiger partial charge in [-0.15, -0.1) is 0 Å². The number of fused-ring (bicyclic) bond motifs is 3. The number of allylic oxidation sites excluding steroid dienone is 3. The third-order valence-corrected chi connectivity index (χ3v) is 4.40. The first kappa shape index (κ1) is 12.7. The topological polar surface area (TPSA) is 32.3 Å². The van der Waals surface area contributed by atoms with Gasteiger partial charge in [-0.2, -0.15) is 13.2 Å². The average molecular weight is 272 g/mol. The first-order valence-electron chi connectivity index (χ1n) is 6.33. The normalized spacial score (nSPS) is 38.0. The summed E-state index contributed by atoms with van der Waals surface area (Å²) in [7, 11) is 0. The molecule has 0 aromatic carbocycles. The lowest BCUT2D eigenvalue weighted by Gasteiger charge is -2.40. The Morgan fingerprint density at radius 2 is 2.21 bits per heavy atom. The fourth-order valence-corrected chi connectivity index (χ4v) is 3.43. The summed E-state index contributed by atoms with van der Waals surface area (Å²) in [6.45, 7) is 3.45. The quantitative estimate of drug-likeness (QED) is 0.724. The van der Waals surface area contributed by atoms with Gasteiger partial charge < -0.3 is 10.2 Å². The number of hydrogen-bond acceptors (Lipinski definition) is 2. The van der Waals surface area contributed by atoms with Crippen molar-refractivity contribution >= 4 is 5.91 Å². The Kier molecular flexibility index (Phi) is 2.58. The molecule has 0 aromatic heterocycles. The minimum absolute atomic E-state index is 0.387. The van der Waals surface area contributed by atoms with Gasteiger partial charge in [0.15, 0.2) is 0 Å². The molecule has 2 heterocycles. The van der Waals surface area contributed by atoms with Crippen LogP contribution < -0.4 is 5.32 Å². The zero-order valence-electron chi connectivity index (χ0n) is 10.5. The van der Waals surface area contributed by atoms with Crippen molar-refractivity contribution in [2.75, 3.05) is 19.6 Å². The van der Waals surface area contributed by atoms with Gasteiger partial charge in [0.1, 0.15) is 0 Å². The Labute approximate surface area is 109 Å². The Morgan fingerprint density at radius 3 is 2.89 bits per heavy atom. The van der Waals surface area contributed by atoms with Crippen LogP contribution >= 0.6 is 0 Å². The zero-order valence-corrected chi connectivity index (χ0v) is 10.5. The smallest absolute Gasteiger partial charge is 0.330 e. The standard InChI is InChI=1S/C13H15F3N2O/c1-12-7-17-5-6-18(12)11(19)10-8(12)3-2-4-9(10)13(14,15)16/h2-4,9-10,17H,5-7H2,1H3. The molecule has 0 bridgehead atoms. The lowest BCUT2D eigenvalue weighted by atomic mass is 9.77. The van der Waals surface area contributed by atoms with E-state index in [0.29, 0.717) is 25.2 Å². The van der Waals surface area contributed by atoms with Crippen LogP contribution in [0, 0.1) is 11.8 Å². The molecule has 2 saturated heterocycles. The highest BCUT2D eigenvalue weighted by Gasteiger charge is 2.59. The molecule has 0 radical (unpaired) electrons. The first-order chi connectivity index (χ1) is 8.86. The van der Waals surface area contributed by atoms with Gasteiger partial charge in [-0.25, -0.2) is 0 Å². The molecular weight excluding hydrogens is 257 g/mol. The van der Waals surface area contributed by atoms with Crippen LogP contribution in [0.5, 0.6) is 0 Å². The van der Waals surface area contributed by atoms with Gasteiger partial charge in [-0.05, 0) is 12.5 Å². The maximum absolute atomic E-state index is 13.1. The van der Waals surface area contributed by atoms with Crippen molar-refractivity contribution in [3.05, 3.63) is 23.8 Å². The number of rotatable bonds is 0. The molecule has 6 heteroatoms. The third kappa shape index (κ3) is 1.65. The number of piperazine rings is 1. The van der Waals surface area contributed by atoms with Crippen LogP contribution in [-0.2, 0) is 4.79 Å². The number of nitrogens with one attached hydrogen (secondary N) is 1. The predicted molar refractivity (Wildman–Crippen MR) is 63.2 cm³/mol. The van der Waals surface area contributed by atoms with E-state index in [9.17, 15) is 18.0 Å². The number of carbonyl (C=O) groups excluding carboxylic acids is 1. The first-order valence-corrected chi connectivity index (χ1v) is 6.33. The van der Waals surface area contributed by atoms with Crippen molar-refractivity contribution in [3.63, 3.8) is 0 Å². The molecule has 0 aromatic rings. The van der Waals surface area contributed by atoms with Crippen LogP contribution in [0.25, 0.3) is 0 Å². The molecule has 104 valence electrons. The summed E-state index contributed by atoms with van der Waals surface area (Å²) in [5, 5.41) is 3.16. The summed E-state index contributed by atoms with van der Waals surface area (Å²) in [6, 6.07) is 0. The Morgan fingerprint density at radius 1 is 1.47 bits per heavy atom. The van der Waals surface area contributed by atoms with Crippen molar-refractivity contribution in [1.82, 2.24) is 10.2 Å². The highest BCUT2D eigenvalue weighted by molar-refractivity contribution is 5.89. The van der Waals surface area contributed by atoms with E-state index in [0.717, 1.165) is 6.08 Å². The number of alkyl halides is 3. The van der Waals surface area contributed by atoms with Crippen LogP contribution in [0.1, 0.15) is 6.92 Å². The van der Waals surface area contributed by atoms with E-state index in [-0.39, 0.29) is 5.91 Å². The number of hydrogen-bond donors (Lipinski definition) is 1. The fraction of sp³-hybridized carbons (Fsp3) is 0.615. The number of nitrogens with zero attached hydrogens (tertiary/aromatic N) is 1. The van der Waals surface area contributed by atoms with Gasteiger partial charge in [0.05, 0.1) is 17.4 Å². The second kappa shape index (κ2) is 3.85. The van der Waals surface area contributed by atoms with Crippen molar-refractivity contribution in [3.8, 4) is 0 Å². The Hall–Kier alpha value is -1.30. The Balaban J connectivity index is 2.06. The van der Waals surface area contributed by atoms with Gasteiger partial charge in [0, 0.05) is 19.6 Å². The molecule has 3 nitrogen and oxygen atoms in total. The molecule has 3 atom stereocenters. The van der Waals surface area contributed by atoms with E-state index in [1.165, 1.54) is 6.08 Å². The van der Waals surface area contributed by atoms with Crippen molar-refractivity contribution in [1.29, 1.82) is 0 Å². The molecule has 3 unspecified atom stereocenters. The van der Waals surface area contributed by atoms with Crippen molar-refractivity contribution in [2.45, 2.75) is 18.6 Å². The summed E-state index contributed by atoms with van der Waals surface area (Å²) in [4.78, 5) is 14.0. The highest BCUT2D eigenvalue weighted by atomic mass is 19.4. The fourth-order valence-electron chi connectivity index (χ4n) is 3.43. The third-order valence-electron chi connectivity index (χ3n) is 4.40. The molecule has 0 spiro atoms. The molecule has 2 aliphatic heterocycles. The molecule has 1 amide bonds. The van der Waals surface area contributed by atoms with E-state index >= 15 is 0 Å². The highest BCUT2D eigenvalue weighted by Crippen LogP contribution is 2.49. The number of carbonyl (C=O) groups is 1. The van der Waals surface area contributed by atoms with Crippen LogP contribution in [0.15, 0.2) is 23.8 Å². The minimum atomic E-state index is -4.38. The lowest BCUT2D eigenvalue weighted by molar-refractivity contribution is -0.175. The predicted octanol–water partition coefficient (Wildman–Crippen LogP) is 1.48. The zero-order chi connectivity index (χ0) is 13.8. The maximum atomic E-state index is 13.1. The van der Waals surface area contributed by atoms with Crippen molar-refractivity contribution < 1.29 is 18.0 Å². The van der Waals surface area contributed by atoms with Crippen LogP contribution in [0.4, 0.5) is 13.2 Å². The van der Waals surface area contributed by atoms with Crippen LogP contribution in [0.2, 0.25) is 0 Å². The monoisotopic (exact) mass is 272 g/mol. The summed E-state index contributed by atoms with van der Waals surface area (Å²) >= 11 is 0. The molecule has 1 N–H and O–H groups in total. The molecule has 2 fully saturated rings. The number of amides is 1. The van der Waals surface area contributed by atoms with Crippen molar-refractivity contribution in [2.24, 2.45) is 11.8 Å². The maximum Gasteiger partial charge on any atom is 0.396 e. The SMILES string of the molecule is CC12CNCCN1C(=O)C1C2=CC=CC1C(F)(F)F. The van der Waals surface area contributed by atoms with E-state index in [1.54, 1.807) is 11.0 Å². The van der Waals surface area contributed by atoms with Crippen LogP contribution in [0.3, 0.4) is 0 Å². The van der Waals surface area contributed by atoms with E-state index < -0.39 is 23.6 Å². The Bertz CT molecular complexity index is 483. The summed E-state index contributed by atoms with van der Waals surface area (Å²) in [5.74, 6) is -3.15. The van der Waals surface area contributed by atoms with Gasteiger partial charge in [0.2, 0.25) is 5.91 Å². The van der Waals surface area contributed by atoms with Crippen LogP contribution in [-0.4, -0.2) is 42.2 Å². The largest absolute Gasteiger partial charge is 0.396 e. The van der Waals surface area contributed by atoms with Gasteiger partial charge in [-0.3, -0.25) is 4.79 Å². The average Bonchev–Trinajstić information content (AvgIpc) is 2.58. The van der Waals surface area contributed by atoms with E-state index in [1.807, 2.05) is 6.92 Å². The van der Waals surface area contributed by atoms with Gasteiger partial charge in [-0.1, -0.05) is 18.2 Å². The van der Waals surface area contributed by atoms with Gasteiger partial charge >= 0.3 is 6.18 Å². The summed E-state index contributed by atoms with van der Waals surface area (Å²) in [5.41, 5.74) is -0.0247. The molecule has 0 saturated carbocycles. The minimum Gasteiger partial charge on any atom is -0.330 e. The van der Waals surface area contributed by atoms with E-state index in [2.05, 4.69) is 5.32 Å².